The molecule has 0 saturated heterocycles. The van der Waals surface area contributed by atoms with E-state index in [0.717, 1.165) is 22.6 Å². The van der Waals surface area contributed by atoms with Crippen LogP contribution in [0.5, 0.6) is 0 Å². The molecule has 4 heterocycles. The molecule has 0 fully saturated rings. The summed E-state index contributed by atoms with van der Waals surface area (Å²) in [6.45, 7) is 1.86. The fraction of sp³-hybridized carbons (Fsp3) is 0.217. The number of nitrogens with zero attached hydrogens (tertiary/aromatic N) is 6. The zero-order valence-corrected chi connectivity index (χ0v) is 19.2. The van der Waals surface area contributed by atoms with Crippen LogP contribution in [-0.4, -0.2) is 47.0 Å². The van der Waals surface area contributed by atoms with Gasteiger partial charge < -0.3 is 15.3 Å². The highest BCUT2D eigenvalue weighted by Crippen LogP contribution is 2.33. The van der Waals surface area contributed by atoms with E-state index in [1.165, 1.54) is 23.1 Å². The molecule has 2 N–H and O–H groups in total. The molecule has 5 rings (SSSR count). The molecule has 11 heteroatoms. The van der Waals surface area contributed by atoms with Crippen LogP contribution in [-0.2, 0) is 13.6 Å². The van der Waals surface area contributed by atoms with Crippen molar-refractivity contribution in [2.45, 2.75) is 19.5 Å². The number of nitrogens with one attached hydrogen (secondary N) is 1. The molecule has 9 nitrogen and oxygen atoms in total. The van der Waals surface area contributed by atoms with Gasteiger partial charge in [-0.1, -0.05) is 17.7 Å². The first kappa shape index (κ1) is 22.1. The lowest BCUT2D eigenvalue weighted by Gasteiger charge is -2.26. The summed E-state index contributed by atoms with van der Waals surface area (Å²) in [5.41, 5.74) is 3.65. The molecule has 0 aliphatic carbocycles. The molecule has 0 spiro atoms. The second kappa shape index (κ2) is 8.54. The van der Waals surface area contributed by atoms with Gasteiger partial charge in [0.1, 0.15) is 11.6 Å². The number of carbonyl (C=O) groups is 1. The van der Waals surface area contributed by atoms with Gasteiger partial charge in [0.15, 0.2) is 0 Å². The smallest absolute Gasteiger partial charge is 0.329 e. The minimum Gasteiger partial charge on any atom is -0.394 e. The monoisotopic (exact) mass is 481 g/mol. The Hall–Kier alpha value is -3.76. The van der Waals surface area contributed by atoms with Crippen molar-refractivity contribution in [1.29, 1.82) is 0 Å². The standard InChI is InChI=1S/C23H21ClFN7O2/c1-13-9-26-22(28-20-5-6-27-30(20)2)29-21(13)15-7-16-11-32(23(34)31(16)10-15)19(12-33)14-3-4-18(25)17(24)8-14/h3-10,19,33H,11-12H2,1-2H3,(H,26,28,29)/t19-/m1/s1. The van der Waals surface area contributed by atoms with Crippen molar-refractivity contribution in [3.05, 3.63) is 76.6 Å². The number of aryl methyl sites for hydroxylation is 2. The van der Waals surface area contributed by atoms with E-state index in [2.05, 4.69) is 20.4 Å². The summed E-state index contributed by atoms with van der Waals surface area (Å²) < 4.78 is 16.8. The van der Waals surface area contributed by atoms with Gasteiger partial charge in [-0.05, 0) is 36.2 Å². The highest BCUT2D eigenvalue weighted by Gasteiger charge is 2.34. The van der Waals surface area contributed by atoms with Crippen LogP contribution in [0, 0.1) is 12.7 Å². The van der Waals surface area contributed by atoms with Crippen LogP contribution in [0.3, 0.4) is 0 Å². The van der Waals surface area contributed by atoms with E-state index in [1.807, 2.05) is 26.1 Å². The first-order chi connectivity index (χ1) is 16.4. The number of halogens is 2. The summed E-state index contributed by atoms with van der Waals surface area (Å²) in [6.07, 6.45) is 5.12. The van der Waals surface area contributed by atoms with Crippen molar-refractivity contribution in [3.63, 3.8) is 0 Å². The predicted octanol–water partition coefficient (Wildman–Crippen LogP) is 4.04. The maximum atomic E-state index is 13.6. The van der Waals surface area contributed by atoms with Gasteiger partial charge in [0, 0.05) is 36.8 Å². The van der Waals surface area contributed by atoms with Gasteiger partial charge in [-0.2, -0.15) is 5.10 Å². The summed E-state index contributed by atoms with van der Waals surface area (Å²) in [7, 11) is 1.81. The van der Waals surface area contributed by atoms with Crippen molar-refractivity contribution in [1.82, 2.24) is 29.2 Å². The average molecular weight is 482 g/mol. The zero-order chi connectivity index (χ0) is 24.0. The number of hydrogen-bond donors (Lipinski definition) is 2. The maximum absolute atomic E-state index is 13.6. The molecule has 1 aliphatic heterocycles. The molecule has 1 aliphatic rings. The Morgan fingerprint density at radius 2 is 2.12 bits per heavy atom. The molecule has 0 unspecified atom stereocenters. The fourth-order valence-corrected chi connectivity index (χ4v) is 4.26. The van der Waals surface area contributed by atoms with E-state index < -0.39 is 11.9 Å². The third-order valence-corrected chi connectivity index (χ3v) is 6.16. The van der Waals surface area contributed by atoms with Crippen LogP contribution in [0.4, 0.5) is 21.0 Å². The second-order valence-corrected chi connectivity index (χ2v) is 8.47. The van der Waals surface area contributed by atoms with Gasteiger partial charge in [0.05, 0.1) is 36.1 Å². The Morgan fingerprint density at radius 1 is 1.29 bits per heavy atom. The molecule has 1 atom stereocenters. The number of rotatable bonds is 6. The van der Waals surface area contributed by atoms with Crippen molar-refractivity contribution >= 4 is 29.4 Å². The summed E-state index contributed by atoms with van der Waals surface area (Å²) in [6, 6.07) is 6.96. The lowest BCUT2D eigenvalue weighted by molar-refractivity contribution is 0.141. The van der Waals surface area contributed by atoms with Crippen molar-refractivity contribution in [3.8, 4) is 11.3 Å². The fourth-order valence-electron chi connectivity index (χ4n) is 4.07. The Labute approximate surface area is 199 Å². The number of amides is 1. The molecular weight excluding hydrogens is 461 g/mol. The molecule has 1 aromatic carbocycles. The van der Waals surface area contributed by atoms with E-state index in [4.69, 9.17) is 11.6 Å². The Kier molecular flexibility index (Phi) is 5.54. The lowest BCUT2D eigenvalue weighted by atomic mass is 10.1. The van der Waals surface area contributed by atoms with Gasteiger partial charge in [0.25, 0.3) is 0 Å². The van der Waals surface area contributed by atoms with E-state index in [1.54, 1.807) is 27.8 Å². The van der Waals surface area contributed by atoms with Crippen LogP contribution in [0.15, 0.2) is 48.9 Å². The minimum absolute atomic E-state index is 0.0562. The van der Waals surface area contributed by atoms with Gasteiger partial charge in [-0.3, -0.25) is 9.25 Å². The summed E-state index contributed by atoms with van der Waals surface area (Å²) in [4.78, 5) is 23.7. The molecule has 0 saturated carbocycles. The lowest BCUT2D eigenvalue weighted by Crippen LogP contribution is -2.32. The van der Waals surface area contributed by atoms with Gasteiger partial charge in [0.2, 0.25) is 5.95 Å². The topological polar surface area (TPSA) is 101 Å². The second-order valence-electron chi connectivity index (χ2n) is 8.06. The largest absolute Gasteiger partial charge is 0.394 e. The summed E-state index contributed by atoms with van der Waals surface area (Å²) >= 11 is 5.91. The van der Waals surface area contributed by atoms with Crippen LogP contribution in [0.1, 0.15) is 22.9 Å². The number of aliphatic hydroxyl groups excluding tert-OH is 1. The third-order valence-electron chi connectivity index (χ3n) is 5.87. The van der Waals surface area contributed by atoms with Gasteiger partial charge in [-0.25, -0.2) is 19.2 Å². The third kappa shape index (κ3) is 3.80. The van der Waals surface area contributed by atoms with Crippen molar-refractivity contribution in [2.75, 3.05) is 11.9 Å². The van der Waals surface area contributed by atoms with Gasteiger partial charge >= 0.3 is 6.03 Å². The van der Waals surface area contributed by atoms with E-state index in [9.17, 15) is 14.3 Å². The number of aliphatic hydroxyl groups is 1. The quantitative estimate of drug-likeness (QED) is 0.431. The number of carbonyl (C=O) groups excluding carboxylic acids is 1. The first-order valence-electron chi connectivity index (χ1n) is 10.5. The average Bonchev–Trinajstić information content (AvgIpc) is 3.50. The minimum atomic E-state index is -0.649. The Bertz CT molecular complexity index is 1400. The molecule has 1 amide bonds. The molecule has 0 radical (unpaired) electrons. The molecule has 4 aromatic rings. The molecule has 0 bridgehead atoms. The summed E-state index contributed by atoms with van der Waals surface area (Å²) in [5, 5.41) is 17.2. The van der Waals surface area contributed by atoms with Crippen LogP contribution < -0.4 is 5.32 Å². The maximum Gasteiger partial charge on any atom is 0.329 e. The number of aromatic nitrogens is 5. The first-order valence-corrected chi connectivity index (χ1v) is 10.9. The number of hydrogen-bond acceptors (Lipinski definition) is 6. The van der Waals surface area contributed by atoms with Crippen molar-refractivity contribution < 1.29 is 14.3 Å². The number of benzene rings is 1. The highest BCUT2D eigenvalue weighted by atomic mass is 35.5. The predicted molar refractivity (Wildman–Crippen MR) is 124 cm³/mol. The molecular formula is C23H21ClFN7O2. The van der Waals surface area contributed by atoms with E-state index in [0.29, 0.717) is 17.2 Å². The zero-order valence-electron chi connectivity index (χ0n) is 18.4. The van der Waals surface area contributed by atoms with Crippen LogP contribution >= 0.6 is 11.6 Å². The van der Waals surface area contributed by atoms with E-state index >= 15 is 0 Å². The van der Waals surface area contributed by atoms with E-state index in [-0.39, 0.29) is 24.2 Å². The summed E-state index contributed by atoms with van der Waals surface area (Å²) in [5.74, 6) is 0.608. The molecule has 34 heavy (non-hydrogen) atoms. The normalized spacial score (nSPS) is 13.9. The molecule has 174 valence electrons. The van der Waals surface area contributed by atoms with Crippen molar-refractivity contribution in [2.24, 2.45) is 7.05 Å². The van der Waals surface area contributed by atoms with Gasteiger partial charge in [-0.15, -0.1) is 0 Å². The number of fused-ring (bicyclic) bond motifs is 1. The number of anilines is 2. The molecule has 3 aromatic heterocycles. The van der Waals surface area contributed by atoms with Crippen LogP contribution in [0.2, 0.25) is 5.02 Å². The Morgan fingerprint density at radius 3 is 2.79 bits per heavy atom. The Balaban J connectivity index is 1.42. The SMILES string of the molecule is Cc1cnc(Nc2ccnn2C)nc1-c1cc2n(c1)C(=O)N([C@H](CO)c1ccc(F)c(Cl)c1)C2. The highest BCUT2D eigenvalue weighted by molar-refractivity contribution is 6.30. The van der Waals surface area contributed by atoms with Crippen LogP contribution in [0.25, 0.3) is 11.3 Å².